The third-order valence-electron chi connectivity index (χ3n) is 3.74. The van der Waals surface area contributed by atoms with E-state index < -0.39 is 0 Å². The molecule has 0 spiro atoms. The quantitative estimate of drug-likeness (QED) is 0.735. The average molecular weight is 283 g/mol. The summed E-state index contributed by atoms with van der Waals surface area (Å²) in [5.41, 5.74) is 3.30. The molecule has 0 saturated carbocycles. The first-order valence-corrected chi connectivity index (χ1v) is 7.46. The summed E-state index contributed by atoms with van der Waals surface area (Å²) >= 11 is 0. The predicted molar refractivity (Wildman–Crippen MR) is 84.5 cm³/mol. The van der Waals surface area contributed by atoms with E-state index in [1.165, 1.54) is 5.56 Å². The van der Waals surface area contributed by atoms with Gasteiger partial charge in [0.15, 0.2) is 0 Å². The van der Waals surface area contributed by atoms with E-state index in [-0.39, 0.29) is 6.04 Å². The summed E-state index contributed by atoms with van der Waals surface area (Å²) in [5, 5.41) is 4.65. The zero-order valence-electron chi connectivity index (χ0n) is 12.8. The van der Waals surface area contributed by atoms with Gasteiger partial charge in [-0.25, -0.2) is 0 Å². The van der Waals surface area contributed by atoms with E-state index >= 15 is 0 Å². The Kier molecular flexibility index (Phi) is 3.84. The molecule has 0 fully saturated rings. The molecule has 21 heavy (non-hydrogen) atoms. The molecule has 0 bridgehead atoms. The SMILES string of the molecule is CCCNC(c1cc2cc(C)ccc2o1)c1occc1C. The first kappa shape index (κ1) is 14.0. The van der Waals surface area contributed by atoms with Crippen LogP contribution in [0.15, 0.2) is 45.4 Å². The average Bonchev–Trinajstić information content (AvgIpc) is 3.06. The van der Waals surface area contributed by atoms with E-state index in [9.17, 15) is 0 Å². The van der Waals surface area contributed by atoms with Gasteiger partial charge in [0.1, 0.15) is 23.1 Å². The lowest BCUT2D eigenvalue weighted by Crippen LogP contribution is -2.22. The first-order chi connectivity index (χ1) is 10.2. The van der Waals surface area contributed by atoms with Gasteiger partial charge >= 0.3 is 0 Å². The van der Waals surface area contributed by atoms with E-state index in [1.807, 2.05) is 12.1 Å². The monoisotopic (exact) mass is 283 g/mol. The van der Waals surface area contributed by atoms with Crippen molar-refractivity contribution in [3.63, 3.8) is 0 Å². The van der Waals surface area contributed by atoms with Gasteiger partial charge in [-0.15, -0.1) is 0 Å². The zero-order chi connectivity index (χ0) is 14.8. The highest BCUT2D eigenvalue weighted by Crippen LogP contribution is 2.30. The lowest BCUT2D eigenvalue weighted by atomic mass is 10.1. The molecule has 0 amide bonds. The molecule has 2 aromatic heterocycles. The van der Waals surface area contributed by atoms with Gasteiger partial charge in [0, 0.05) is 5.39 Å². The van der Waals surface area contributed by atoms with Crippen LogP contribution in [0.4, 0.5) is 0 Å². The van der Waals surface area contributed by atoms with E-state index in [4.69, 9.17) is 8.83 Å². The van der Waals surface area contributed by atoms with Gasteiger partial charge in [-0.3, -0.25) is 0 Å². The minimum atomic E-state index is -0.0346. The maximum Gasteiger partial charge on any atom is 0.134 e. The molecule has 0 aliphatic heterocycles. The van der Waals surface area contributed by atoms with Crippen LogP contribution in [0.5, 0.6) is 0 Å². The molecule has 0 saturated heterocycles. The molecule has 3 aromatic rings. The van der Waals surface area contributed by atoms with Gasteiger partial charge in [-0.2, -0.15) is 0 Å². The highest BCUT2D eigenvalue weighted by molar-refractivity contribution is 5.78. The molecule has 3 nitrogen and oxygen atoms in total. The fourth-order valence-electron chi connectivity index (χ4n) is 2.62. The summed E-state index contributed by atoms with van der Waals surface area (Å²) in [6.45, 7) is 7.23. The van der Waals surface area contributed by atoms with E-state index in [2.05, 4.69) is 44.3 Å². The molecule has 1 unspecified atom stereocenters. The first-order valence-electron chi connectivity index (χ1n) is 7.46. The van der Waals surface area contributed by atoms with Crippen molar-refractivity contribution in [2.75, 3.05) is 6.54 Å². The van der Waals surface area contributed by atoms with Crippen LogP contribution < -0.4 is 5.32 Å². The largest absolute Gasteiger partial charge is 0.467 e. The molecule has 1 aromatic carbocycles. The van der Waals surface area contributed by atoms with Gasteiger partial charge < -0.3 is 14.2 Å². The number of furan rings is 2. The second kappa shape index (κ2) is 5.78. The van der Waals surface area contributed by atoms with Crippen LogP contribution in [0.2, 0.25) is 0 Å². The van der Waals surface area contributed by atoms with Crippen molar-refractivity contribution in [1.29, 1.82) is 0 Å². The van der Waals surface area contributed by atoms with Crippen molar-refractivity contribution in [2.24, 2.45) is 0 Å². The van der Waals surface area contributed by atoms with Gasteiger partial charge in [0.05, 0.1) is 6.26 Å². The number of fused-ring (bicyclic) bond motifs is 1. The van der Waals surface area contributed by atoms with Crippen molar-refractivity contribution in [2.45, 2.75) is 33.2 Å². The van der Waals surface area contributed by atoms with Crippen LogP contribution in [0.25, 0.3) is 11.0 Å². The van der Waals surface area contributed by atoms with Crippen LogP contribution >= 0.6 is 0 Å². The number of benzene rings is 1. The van der Waals surface area contributed by atoms with Crippen LogP contribution in [0, 0.1) is 13.8 Å². The fourth-order valence-corrected chi connectivity index (χ4v) is 2.62. The number of rotatable bonds is 5. The number of nitrogens with one attached hydrogen (secondary N) is 1. The van der Waals surface area contributed by atoms with Crippen LogP contribution in [-0.2, 0) is 0 Å². The van der Waals surface area contributed by atoms with Gasteiger partial charge in [-0.05, 0) is 56.6 Å². The zero-order valence-corrected chi connectivity index (χ0v) is 12.8. The third kappa shape index (κ3) is 2.74. The molecule has 110 valence electrons. The van der Waals surface area contributed by atoms with Crippen LogP contribution in [0.1, 0.15) is 42.0 Å². The summed E-state index contributed by atoms with van der Waals surface area (Å²) in [4.78, 5) is 0. The lowest BCUT2D eigenvalue weighted by molar-refractivity contribution is 0.397. The lowest BCUT2D eigenvalue weighted by Gasteiger charge is -2.14. The molecular formula is C18H21NO2. The fraction of sp³-hybridized carbons (Fsp3) is 0.333. The summed E-state index contributed by atoms with van der Waals surface area (Å²) in [5.74, 6) is 1.83. The minimum Gasteiger partial charge on any atom is -0.467 e. The molecule has 1 N–H and O–H groups in total. The van der Waals surface area contributed by atoms with Crippen molar-refractivity contribution in [1.82, 2.24) is 5.32 Å². The molecule has 1 atom stereocenters. The number of hydrogen-bond donors (Lipinski definition) is 1. The van der Waals surface area contributed by atoms with Gasteiger partial charge in [0.2, 0.25) is 0 Å². The van der Waals surface area contributed by atoms with E-state index in [0.717, 1.165) is 41.0 Å². The van der Waals surface area contributed by atoms with Gasteiger partial charge in [-0.1, -0.05) is 18.6 Å². The Morgan fingerprint density at radius 2 is 2.00 bits per heavy atom. The van der Waals surface area contributed by atoms with E-state index in [1.54, 1.807) is 6.26 Å². The highest BCUT2D eigenvalue weighted by Gasteiger charge is 2.22. The standard InChI is InChI=1S/C18H21NO2/c1-4-8-19-17(18-13(3)7-9-20-18)16-11-14-10-12(2)5-6-15(14)21-16/h5-7,9-11,17,19H,4,8H2,1-3H3. The van der Waals surface area contributed by atoms with E-state index in [0.29, 0.717) is 0 Å². The predicted octanol–water partition coefficient (Wildman–Crippen LogP) is 4.73. The summed E-state index contributed by atoms with van der Waals surface area (Å²) < 4.78 is 11.7. The second-order valence-corrected chi connectivity index (χ2v) is 5.55. The highest BCUT2D eigenvalue weighted by atomic mass is 16.4. The molecule has 3 rings (SSSR count). The Bertz CT molecular complexity index is 739. The molecular weight excluding hydrogens is 262 g/mol. The van der Waals surface area contributed by atoms with Crippen molar-refractivity contribution in [3.05, 3.63) is 59.2 Å². The molecule has 0 radical (unpaired) electrons. The summed E-state index contributed by atoms with van der Waals surface area (Å²) in [7, 11) is 0. The topological polar surface area (TPSA) is 38.3 Å². The molecule has 0 aliphatic carbocycles. The third-order valence-corrected chi connectivity index (χ3v) is 3.74. The molecule has 3 heteroatoms. The summed E-state index contributed by atoms with van der Waals surface area (Å²) in [6, 6.07) is 10.3. The Hall–Kier alpha value is -2.00. The summed E-state index contributed by atoms with van der Waals surface area (Å²) in [6.07, 6.45) is 2.80. The van der Waals surface area contributed by atoms with Gasteiger partial charge in [0.25, 0.3) is 0 Å². The number of hydrogen-bond acceptors (Lipinski definition) is 3. The maximum absolute atomic E-state index is 6.04. The van der Waals surface area contributed by atoms with Crippen molar-refractivity contribution < 1.29 is 8.83 Å². The molecule has 0 aliphatic rings. The smallest absolute Gasteiger partial charge is 0.134 e. The Morgan fingerprint density at radius 3 is 2.71 bits per heavy atom. The van der Waals surface area contributed by atoms with Crippen LogP contribution in [-0.4, -0.2) is 6.54 Å². The molecule has 2 heterocycles. The van der Waals surface area contributed by atoms with Crippen molar-refractivity contribution in [3.8, 4) is 0 Å². The van der Waals surface area contributed by atoms with Crippen molar-refractivity contribution >= 4 is 11.0 Å². The minimum absolute atomic E-state index is 0.0346. The normalized spacial score (nSPS) is 12.9. The maximum atomic E-state index is 6.04. The number of aryl methyl sites for hydroxylation is 2. The Morgan fingerprint density at radius 1 is 1.14 bits per heavy atom. The Balaban J connectivity index is 2.03. The second-order valence-electron chi connectivity index (χ2n) is 5.55. The Labute approximate surface area is 124 Å². The van der Waals surface area contributed by atoms with Crippen LogP contribution in [0.3, 0.4) is 0 Å².